The summed E-state index contributed by atoms with van der Waals surface area (Å²) in [5.74, 6) is -0.0373. The lowest BCUT2D eigenvalue weighted by Gasteiger charge is -2.21. The number of hydrogen-bond acceptors (Lipinski definition) is 7. The standard InChI is InChI=1S/C28H24N4O4S2.BrH/c1-18-11-12-22(24(17-18)38(35,36)30-14-16-37-28-29-13-6-15-32(28)2)31-23-10-5-9-21-25(23)27(34)20-8-4-3-7-19(20)26(21)33;/h3-13,15,17,30H,14,16H2,1-2H3;1H. The number of carbonyl (C=O) groups is 2. The predicted octanol–water partition coefficient (Wildman–Crippen LogP) is 0.808. The molecule has 11 heteroatoms. The Hall–Kier alpha value is -3.38. The molecule has 0 unspecified atom stereocenters. The number of halogens is 1. The summed E-state index contributed by atoms with van der Waals surface area (Å²) in [4.78, 5) is 30.8. The van der Waals surface area contributed by atoms with E-state index in [1.807, 2.05) is 30.8 Å². The van der Waals surface area contributed by atoms with Crippen LogP contribution in [0.1, 0.15) is 37.4 Å². The summed E-state index contributed by atoms with van der Waals surface area (Å²) in [6, 6.07) is 18.5. The van der Waals surface area contributed by atoms with Crippen LogP contribution in [0.15, 0.2) is 89.2 Å². The molecule has 0 saturated heterocycles. The van der Waals surface area contributed by atoms with Gasteiger partial charge in [0.25, 0.3) is 0 Å². The molecule has 0 radical (unpaired) electrons. The van der Waals surface area contributed by atoms with Crippen molar-refractivity contribution in [3.05, 3.63) is 107 Å². The molecule has 0 amide bonds. The van der Waals surface area contributed by atoms with Gasteiger partial charge in [-0.05, 0) is 47.4 Å². The smallest absolute Gasteiger partial charge is 0.358 e. The molecule has 1 aliphatic rings. The Morgan fingerprint density at radius 3 is 2.36 bits per heavy atom. The van der Waals surface area contributed by atoms with E-state index in [2.05, 4.69) is 15.0 Å². The van der Waals surface area contributed by atoms with Gasteiger partial charge in [0, 0.05) is 35.1 Å². The number of thioether (sulfide) groups is 1. The number of fused-ring (bicyclic) bond motifs is 2. The third kappa shape index (κ3) is 5.81. The highest BCUT2D eigenvalue weighted by molar-refractivity contribution is 7.99. The van der Waals surface area contributed by atoms with E-state index in [9.17, 15) is 18.0 Å². The van der Waals surface area contributed by atoms with Crippen molar-refractivity contribution in [2.45, 2.75) is 17.0 Å². The Morgan fingerprint density at radius 2 is 1.62 bits per heavy atom. The molecule has 8 nitrogen and oxygen atoms in total. The van der Waals surface area contributed by atoms with Gasteiger partial charge in [0.2, 0.25) is 10.0 Å². The fraction of sp³-hybridized carbons (Fsp3) is 0.143. The molecule has 0 spiro atoms. The lowest BCUT2D eigenvalue weighted by atomic mass is 9.83. The van der Waals surface area contributed by atoms with Crippen molar-refractivity contribution in [3.63, 3.8) is 0 Å². The molecule has 0 bridgehead atoms. The van der Waals surface area contributed by atoms with Gasteiger partial charge in [-0.2, -0.15) is 0 Å². The molecule has 1 aromatic heterocycles. The second kappa shape index (κ2) is 11.8. The Balaban J connectivity index is 0.00000353. The lowest BCUT2D eigenvalue weighted by molar-refractivity contribution is -0.713. The van der Waals surface area contributed by atoms with E-state index in [0.717, 1.165) is 10.7 Å². The van der Waals surface area contributed by atoms with E-state index in [1.165, 1.54) is 11.8 Å². The van der Waals surface area contributed by atoms with Crippen molar-refractivity contribution < 1.29 is 39.6 Å². The van der Waals surface area contributed by atoms with E-state index < -0.39 is 10.0 Å². The number of carbonyl (C=O) groups excluding carboxylic acids is 2. The molecule has 5 rings (SSSR count). The van der Waals surface area contributed by atoms with Crippen molar-refractivity contribution in [1.82, 2.24) is 9.71 Å². The first-order chi connectivity index (χ1) is 18.3. The van der Waals surface area contributed by atoms with Gasteiger partial charge in [-0.1, -0.05) is 42.5 Å². The molecule has 1 heterocycles. The van der Waals surface area contributed by atoms with Gasteiger partial charge in [0.15, 0.2) is 11.6 Å². The van der Waals surface area contributed by atoms with Crippen LogP contribution in [0.2, 0.25) is 0 Å². The number of rotatable bonds is 8. The second-order valence-corrected chi connectivity index (χ2v) is 11.6. The zero-order valence-electron chi connectivity index (χ0n) is 21.1. The van der Waals surface area contributed by atoms with Gasteiger partial charge in [-0.3, -0.25) is 9.59 Å². The van der Waals surface area contributed by atoms with Crippen LogP contribution in [0.25, 0.3) is 0 Å². The molecule has 0 fully saturated rings. The number of hydrogen-bond donors (Lipinski definition) is 2. The van der Waals surface area contributed by atoms with Gasteiger partial charge >= 0.3 is 5.16 Å². The highest BCUT2D eigenvalue weighted by atomic mass is 79.9. The number of aromatic nitrogens is 2. The highest BCUT2D eigenvalue weighted by Gasteiger charge is 2.32. The van der Waals surface area contributed by atoms with Crippen LogP contribution in [0.5, 0.6) is 0 Å². The molecule has 1 aliphatic carbocycles. The van der Waals surface area contributed by atoms with Crippen molar-refractivity contribution in [2.75, 3.05) is 17.6 Å². The van der Waals surface area contributed by atoms with Crippen molar-refractivity contribution in [1.29, 1.82) is 0 Å². The van der Waals surface area contributed by atoms with Crippen LogP contribution in [0.4, 0.5) is 11.4 Å². The van der Waals surface area contributed by atoms with Crippen LogP contribution in [0.3, 0.4) is 0 Å². The summed E-state index contributed by atoms with van der Waals surface area (Å²) in [5.41, 5.74) is 2.65. The Labute approximate surface area is 241 Å². The van der Waals surface area contributed by atoms with Crippen LogP contribution in [-0.2, 0) is 17.1 Å². The monoisotopic (exact) mass is 624 g/mol. The Kier molecular flexibility index (Phi) is 8.65. The molecule has 0 saturated carbocycles. The number of ketones is 2. The van der Waals surface area contributed by atoms with Crippen LogP contribution >= 0.6 is 11.8 Å². The molecule has 2 N–H and O–H groups in total. The van der Waals surface area contributed by atoms with Crippen LogP contribution < -0.4 is 31.6 Å². The summed E-state index contributed by atoms with van der Waals surface area (Å²) in [5, 5.41) is 3.91. The minimum Gasteiger partial charge on any atom is -1.00 e. The molecule has 3 aromatic carbocycles. The number of sulfonamides is 1. The topological polar surface area (TPSA) is 109 Å². The average Bonchev–Trinajstić information content (AvgIpc) is 2.91. The van der Waals surface area contributed by atoms with E-state index >= 15 is 0 Å². The lowest BCUT2D eigenvalue weighted by Crippen LogP contribution is -3.00. The number of nitrogens with zero attached hydrogens (tertiary/aromatic N) is 2. The van der Waals surface area contributed by atoms with Crippen molar-refractivity contribution in [3.8, 4) is 0 Å². The fourth-order valence-electron chi connectivity index (χ4n) is 4.31. The third-order valence-electron chi connectivity index (χ3n) is 6.16. The Bertz CT molecular complexity index is 1690. The quantitative estimate of drug-likeness (QED) is 0.114. The molecule has 39 heavy (non-hydrogen) atoms. The molecule has 4 aromatic rings. The van der Waals surface area contributed by atoms with Gasteiger partial charge < -0.3 is 22.3 Å². The van der Waals surface area contributed by atoms with Gasteiger partial charge in [-0.25, -0.2) is 17.7 Å². The number of nitrogens with one attached hydrogen (secondary N) is 2. The fourth-order valence-corrected chi connectivity index (χ4v) is 6.51. The summed E-state index contributed by atoms with van der Waals surface area (Å²) >= 11 is 1.44. The summed E-state index contributed by atoms with van der Waals surface area (Å²) in [6.07, 6.45) is 3.57. The zero-order valence-corrected chi connectivity index (χ0v) is 24.4. The van der Waals surface area contributed by atoms with Crippen molar-refractivity contribution in [2.24, 2.45) is 7.05 Å². The molecular weight excluding hydrogens is 600 g/mol. The third-order valence-corrected chi connectivity index (χ3v) is 8.72. The summed E-state index contributed by atoms with van der Waals surface area (Å²) < 4.78 is 31.2. The van der Waals surface area contributed by atoms with E-state index in [-0.39, 0.29) is 51.1 Å². The minimum atomic E-state index is -3.90. The summed E-state index contributed by atoms with van der Waals surface area (Å²) in [6.45, 7) is 2.00. The van der Waals surface area contributed by atoms with Crippen LogP contribution in [-0.4, -0.2) is 37.3 Å². The minimum absolute atomic E-state index is 0. The van der Waals surface area contributed by atoms with Gasteiger partial charge in [-0.15, -0.1) is 0 Å². The van der Waals surface area contributed by atoms with Gasteiger partial charge in [0.05, 0.1) is 30.2 Å². The predicted molar refractivity (Wildman–Crippen MR) is 146 cm³/mol. The van der Waals surface area contributed by atoms with E-state index in [0.29, 0.717) is 28.3 Å². The maximum absolute atomic E-state index is 13.4. The maximum Gasteiger partial charge on any atom is 0.358 e. The average molecular weight is 626 g/mol. The molecule has 200 valence electrons. The number of benzene rings is 3. The highest BCUT2D eigenvalue weighted by Crippen LogP contribution is 2.35. The zero-order chi connectivity index (χ0) is 26.9. The largest absolute Gasteiger partial charge is 1.00 e. The van der Waals surface area contributed by atoms with Crippen LogP contribution in [0, 0.1) is 6.92 Å². The molecule has 0 atom stereocenters. The first kappa shape index (κ1) is 28.6. The van der Waals surface area contributed by atoms with E-state index in [1.54, 1.807) is 66.9 Å². The molecular formula is C28H25BrN4O4S2. The van der Waals surface area contributed by atoms with E-state index in [4.69, 9.17) is 0 Å². The first-order valence-electron chi connectivity index (χ1n) is 11.9. The van der Waals surface area contributed by atoms with Gasteiger partial charge in [0.1, 0.15) is 11.1 Å². The van der Waals surface area contributed by atoms with Crippen molar-refractivity contribution >= 4 is 44.7 Å². The normalized spacial score (nSPS) is 12.4. The second-order valence-electron chi connectivity index (χ2n) is 8.82. The maximum atomic E-state index is 13.4. The Morgan fingerprint density at radius 1 is 0.897 bits per heavy atom. The number of aryl methyl sites for hydroxylation is 2. The SMILES string of the molecule is Cc1ccc(Nc2cccc3c2C(=O)c2ccccc2C3=O)c(S(=O)(=O)NCCSc2nccc[n+]2C)c1.[Br-]. The summed E-state index contributed by atoms with van der Waals surface area (Å²) in [7, 11) is -2.02. The first-order valence-corrected chi connectivity index (χ1v) is 14.4. The molecule has 0 aliphatic heterocycles. The number of anilines is 2.